The zero-order valence-corrected chi connectivity index (χ0v) is 27.1. The number of nitrogens with one attached hydrogen (secondary N) is 2. The number of hydrogen-bond acceptors (Lipinski definition) is 10. The highest BCUT2D eigenvalue weighted by Crippen LogP contribution is 2.38. The van der Waals surface area contributed by atoms with Gasteiger partial charge in [0.2, 0.25) is 11.8 Å². The van der Waals surface area contributed by atoms with Crippen LogP contribution in [0.25, 0.3) is 11.2 Å². The van der Waals surface area contributed by atoms with Gasteiger partial charge in [-0.2, -0.15) is 4.98 Å². The zero-order chi connectivity index (χ0) is 30.9. The van der Waals surface area contributed by atoms with Crippen molar-refractivity contribution in [1.82, 2.24) is 19.9 Å². The van der Waals surface area contributed by atoms with Crippen LogP contribution in [0.4, 0.5) is 16.2 Å². The van der Waals surface area contributed by atoms with Crippen molar-refractivity contribution < 1.29 is 23.5 Å². The first-order valence-electron chi connectivity index (χ1n) is 14.2. The Morgan fingerprint density at radius 3 is 2.74 bits per heavy atom. The number of nitrogens with zero attached hydrogens (tertiary/aromatic N) is 4. The monoisotopic (exact) mass is 626 g/mol. The summed E-state index contributed by atoms with van der Waals surface area (Å²) in [5, 5.41) is 6.23. The van der Waals surface area contributed by atoms with Crippen molar-refractivity contribution in [3.05, 3.63) is 46.9 Å². The second kappa shape index (κ2) is 12.3. The van der Waals surface area contributed by atoms with E-state index in [9.17, 15) is 14.4 Å². The normalized spacial score (nSPS) is 17.9. The Labute approximate surface area is 255 Å². The molecule has 43 heavy (non-hydrogen) atoms. The number of cyclic esters (lactones) is 1. The van der Waals surface area contributed by atoms with Gasteiger partial charge >= 0.3 is 6.09 Å². The zero-order valence-electron chi connectivity index (χ0n) is 25.3. The van der Waals surface area contributed by atoms with Crippen LogP contribution in [0.2, 0.25) is 18.1 Å². The summed E-state index contributed by atoms with van der Waals surface area (Å²) in [6.07, 6.45) is 0.0963. The summed E-state index contributed by atoms with van der Waals surface area (Å²) < 4.78 is 19.3. The number of methoxy groups -OCH3 is 1. The molecule has 0 saturated carbocycles. The minimum atomic E-state index is -2.23. The highest BCUT2D eigenvalue weighted by Gasteiger charge is 2.39. The highest BCUT2D eigenvalue weighted by atomic mass is 32.2. The summed E-state index contributed by atoms with van der Waals surface area (Å²) in [4.78, 5) is 48.9. The lowest BCUT2D eigenvalue weighted by Crippen LogP contribution is -2.49. The molecule has 1 saturated heterocycles. The van der Waals surface area contributed by atoms with Gasteiger partial charge in [-0.05, 0) is 42.4 Å². The summed E-state index contributed by atoms with van der Waals surface area (Å²) >= 11 is 1.47. The molecule has 4 heterocycles. The minimum Gasteiger partial charge on any atom is -0.481 e. The molecule has 2 aromatic heterocycles. The maximum Gasteiger partial charge on any atom is 0.414 e. The minimum absolute atomic E-state index is 0.0493. The molecule has 14 heteroatoms. The number of carbonyl (C=O) groups excluding carboxylic acids is 2. The van der Waals surface area contributed by atoms with Crippen LogP contribution in [0.1, 0.15) is 20.8 Å². The van der Waals surface area contributed by atoms with E-state index in [-0.39, 0.29) is 29.2 Å². The molecule has 1 fully saturated rings. The molecule has 0 unspecified atom stereocenters. The standard InChI is InChI=1S/C29H38N6O6SSi/c1-29(2,3)43(5,6)41-20(16-35-26(37)14-31-21-8-10-25(39-4)33-27(21)35)13-30-12-19-15-34(28(38)40-19)18-7-9-23-22(11-18)32-24(36)17-42-23/h7-11,14,19-20,30H,12-13,15-17H2,1-6H3,(H,32,36)/t19-,20-/m1/s1. The number of aromatic nitrogens is 3. The lowest BCUT2D eigenvalue weighted by Gasteiger charge is -2.39. The first-order valence-corrected chi connectivity index (χ1v) is 18.1. The molecule has 12 nitrogen and oxygen atoms in total. The van der Waals surface area contributed by atoms with Gasteiger partial charge in [0.15, 0.2) is 14.0 Å². The number of thioether (sulfide) groups is 1. The molecule has 5 rings (SSSR count). The molecule has 0 bridgehead atoms. The van der Waals surface area contributed by atoms with E-state index in [2.05, 4.69) is 54.5 Å². The third-order valence-electron chi connectivity index (χ3n) is 8.05. The van der Waals surface area contributed by atoms with Gasteiger partial charge in [0, 0.05) is 29.7 Å². The number of benzene rings is 1. The van der Waals surface area contributed by atoms with Gasteiger partial charge in [-0.1, -0.05) is 20.8 Å². The lowest BCUT2D eigenvalue weighted by molar-refractivity contribution is -0.113. The fourth-order valence-corrected chi connectivity index (χ4v) is 6.87. The second-order valence-corrected chi connectivity index (χ2v) is 18.0. The summed E-state index contributed by atoms with van der Waals surface area (Å²) in [6.45, 7) is 12.3. The van der Waals surface area contributed by atoms with E-state index in [1.165, 1.54) is 25.1 Å². The lowest BCUT2D eigenvalue weighted by atomic mass is 10.2. The van der Waals surface area contributed by atoms with Gasteiger partial charge in [0.25, 0.3) is 5.56 Å². The topological polar surface area (TPSA) is 137 Å². The largest absolute Gasteiger partial charge is 0.481 e. The molecule has 3 aromatic rings. The van der Waals surface area contributed by atoms with Crippen molar-refractivity contribution in [2.24, 2.45) is 0 Å². The molecule has 2 aliphatic heterocycles. The number of rotatable bonds is 10. The van der Waals surface area contributed by atoms with Gasteiger partial charge in [0.05, 0.1) is 43.9 Å². The third kappa shape index (κ3) is 6.87. The van der Waals surface area contributed by atoms with E-state index in [0.29, 0.717) is 53.8 Å². The predicted molar refractivity (Wildman–Crippen MR) is 169 cm³/mol. The molecule has 2 aliphatic rings. The van der Waals surface area contributed by atoms with Crippen molar-refractivity contribution in [2.75, 3.05) is 42.7 Å². The Bertz CT molecular complexity index is 1590. The quantitative estimate of drug-likeness (QED) is 0.319. The number of ether oxygens (including phenoxy) is 2. The number of fused-ring (bicyclic) bond motifs is 2. The fourth-order valence-electron chi connectivity index (χ4n) is 4.74. The third-order valence-corrected chi connectivity index (χ3v) is 13.7. The molecule has 2 amide bonds. The Balaban J connectivity index is 1.29. The van der Waals surface area contributed by atoms with Gasteiger partial charge in [-0.25, -0.2) is 9.78 Å². The average Bonchev–Trinajstić information content (AvgIpc) is 3.33. The van der Waals surface area contributed by atoms with Crippen LogP contribution in [-0.4, -0.2) is 79.6 Å². The first kappa shape index (κ1) is 31.0. The number of anilines is 2. The summed E-state index contributed by atoms with van der Waals surface area (Å²) in [5.74, 6) is 0.705. The first-order chi connectivity index (χ1) is 20.3. The van der Waals surface area contributed by atoms with Crippen LogP contribution in [0, 0.1) is 0 Å². The molecular weight excluding hydrogens is 589 g/mol. The van der Waals surface area contributed by atoms with E-state index in [0.717, 1.165) is 4.90 Å². The molecule has 0 aliphatic carbocycles. The Morgan fingerprint density at radius 2 is 2.00 bits per heavy atom. The van der Waals surface area contributed by atoms with Gasteiger partial charge < -0.3 is 24.5 Å². The molecule has 1 aromatic carbocycles. The van der Waals surface area contributed by atoms with Gasteiger partial charge in [-0.3, -0.25) is 19.1 Å². The van der Waals surface area contributed by atoms with E-state index < -0.39 is 20.5 Å². The smallest absolute Gasteiger partial charge is 0.414 e. The highest BCUT2D eigenvalue weighted by molar-refractivity contribution is 8.00. The van der Waals surface area contributed by atoms with Crippen molar-refractivity contribution >= 4 is 54.6 Å². The Kier molecular flexibility index (Phi) is 8.84. The Hall–Kier alpha value is -3.46. The van der Waals surface area contributed by atoms with Crippen LogP contribution in [-0.2, 0) is 20.5 Å². The Morgan fingerprint density at radius 1 is 1.21 bits per heavy atom. The van der Waals surface area contributed by atoms with Crippen LogP contribution >= 0.6 is 11.8 Å². The van der Waals surface area contributed by atoms with E-state index >= 15 is 0 Å². The number of carbonyl (C=O) groups is 2. The molecule has 2 N–H and O–H groups in total. The van der Waals surface area contributed by atoms with Gasteiger partial charge in [0.1, 0.15) is 11.6 Å². The number of pyridine rings is 1. The van der Waals surface area contributed by atoms with Gasteiger partial charge in [-0.15, -0.1) is 11.8 Å². The van der Waals surface area contributed by atoms with Crippen molar-refractivity contribution in [3.63, 3.8) is 0 Å². The van der Waals surface area contributed by atoms with Crippen molar-refractivity contribution in [3.8, 4) is 5.88 Å². The second-order valence-electron chi connectivity index (χ2n) is 12.2. The number of hydrogen-bond donors (Lipinski definition) is 2. The van der Waals surface area contributed by atoms with Crippen molar-refractivity contribution in [2.45, 2.75) is 62.6 Å². The van der Waals surface area contributed by atoms with Crippen molar-refractivity contribution in [1.29, 1.82) is 0 Å². The predicted octanol–water partition coefficient (Wildman–Crippen LogP) is 3.85. The maximum absolute atomic E-state index is 13.0. The molecule has 0 spiro atoms. The molecule has 230 valence electrons. The van der Waals surface area contributed by atoms with Crippen LogP contribution in [0.3, 0.4) is 0 Å². The van der Waals surface area contributed by atoms with E-state index in [1.807, 2.05) is 12.1 Å². The molecular formula is C29H38N6O6SSi. The molecule has 0 radical (unpaired) electrons. The SMILES string of the molecule is COc1ccc2ncc(=O)n(C[C@@H](CNC[C@@H]3CN(c4ccc5c(c4)NC(=O)CS5)C(=O)O3)O[Si](C)(C)C(C)(C)C)c2n1. The van der Waals surface area contributed by atoms with E-state index in [4.69, 9.17) is 13.9 Å². The molecule has 2 atom stereocenters. The van der Waals surface area contributed by atoms with Crippen LogP contribution in [0.5, 0.6) is 5.88 Å². The summed E-state index contributed by atoms with van der Waals surface area (Å²) in [5.41, 5.74) is 2.09. The summed E-state index contributed by atoms with van der Waals surface area (Å²) in [7, 11) is -0.703. The number of amides is 2. The summed E-state index contributed by atoms with van der Waals surface area (Å²) in [6, 6.07) is 9.06. The van der Waals surface area contributed by atoms with Crippen LogP contribution in [0.15, 0.2) is 46.2 Å². The van der Waals surface area contributed by atoms with Crippen LogP contribution < -0.4 is 25.8 Å². The van der Waals surface area contributed by atoms with E-state index in [1.54, 1.807) is 27.7 Å². The fraction of sp³-hybridized carbons (Fsp3) is 0.483. The average molecular weight is 627 g/mol. The maximum atomic E-state index is 13.0.